The van der Waals surface area contributed by atoms with Crippen LogP contribution in [0.4, 0.5) is 11.4 Å². The predicted molar refractivity (Wildman–Crippen MR) is 71.9 cm³/mol. The van der Waals surface area contributed by atoms with Crippen molar-refractivity contribution in [1.82, 2.24) is 0 Å². The maximum Gasteiger partial charge on any atom is 0.262 e. The molecule has 4 heterocycles. The van der Waals surface area contributed by atoms with Gasteiger partial charge >= 0.3 is 0 Å². The Labute approximate surface area is 120 Å². The van der Waals surface area contributed by atoms with Gasteiger partial charge in [-0.05, 0) is 18.2 Å². The van der Waals surface area contributed by atoms with Crippen LogP contribution >= 0.6 is 0 Å². The number of anilines is 2. The number of ether oxygens (including phenoxy) is 3. The van der Waals surface area contributed by atoms with E-state index in [0.29, 0.717) is 30.8 Å². The van der Waals surface area contributed by atoms with Crippen LogP contribution < -0.4 is 15.0 Å². The molecule has 7 heteroatoms. The molecule has 0 saturated carbocycles. The van der Waals surface area contributed by atoms with Gasteiger partial charge in [0.05, 0.1) is 12.2 Å². The van der Waals surface area contributed by atoms with Gasteiger partial charge in [0.15, 0.2) is 12.4 Å². The van der Waals surface area contributed by atoms with E-state index in [1.807, 2.05) is 23.1 Å². The summed E-state index contributed by atoms with van der Waals surface area (Å²) in [6.07, 6.45) is 1.40. The maximum absolute atomic E-state index is 11.4. The Bertz CT molecular complexity index is 611. The molecule has 110 valence electrons. The molecule has 3 saturated heterocycles. The van der Waals surface area contributed by atoms with Gasteiger partial charge in [0.1, 0.15) is 12.0 Å². The van der Waals surface area contributed by atoms with Gasteiger partial charge in [0, 0.05) is 18.5 Å². The second kappa shape index (κ2) is 4.44. The first-order valence-electron chi connectivity index (χ1n) is 6.82. The fraction of sp³-hybridized carbons (Fsp3) is 0.429. The molecule has 3 fully saturated rings. The molecule has 0 atom stereocenters. The number of hydrogen-bond donors (Lipinski definition) is 1. The van der Waals surface area contributed by atoms with Crippen molar-refractivity contribution in [3.63, 3.8) is 0 Å². The third-order valence-electron chi connectivity index (χ3n) is 3.87. The summed E-state index contributed by atoms with van der Waals surface area (Å²) in [6.45, 7) is 0.610. The van der Waals surface area contributed by atoms with Crippen molar-refractivity contribution >= 4 is 23.6 Å². The van der Waals surface area contributed by atoms with Gasteiger partial charge < -0.3 is 29.2 Å². The summed E-state index contributed by atoms with van der Waals surface area (Å²) in [7, 11) is 0. The van der Waals surface area contributed by atoms with Crippen molar-refractivity contribution in [3.8, 4) is 5.75 Å². The van der Waals surface area contributed by atoms with Crippen LogP contribution in [0, 0.1) is 0 Å². The molecule has 5 rings (SSSR count). The van der Waals surface area contributed by atoms with E-state index in [1.54, 1.807) is 0 Å². The minimum atomic E-state index is -0.665. The summed E-state index contributed by atoms with van der Waals surface area (Å²) < 4.78 is 16.7. The highest BCUT2D eigenvalue weighted by Gasteiger charge is 2.58. The maximum atomic E-state index is 11.4. The molecule has 1 N–H and O–H groups in total. The minimum absolute atomic E-state index is 0.0414. The van der Waals surface area contributed by atoms with Gasteiger partial charge in [-0.3, -0.25) is 4.79 Å². The fourth-order valence-electron chi connectivity index (χ4n) is 2.85. The Balaban J connectivity index is 1.54. The zero-order chi connectivity index (χ0) is 14.4. The third-order valence-corrected chi connectivity index (χ3v) is 3.87. The molecule has 21 heavy (non-hydrogen) atoms. The number of nitrogens with zero attached hydrogens (tertiary/aromatic N) is 1. The van der Waals surface area contributed by atoms with Gasteiger partial charge in [-0.25, -0.2) is 0 Å². The number of carbonyl (C=O) groups excluding carboxylic acids is 2. The van der Waals surface area contributed by atoms with E-state index in [-0.39, 0.29) is 12.5 Å². The van der Waals surface area contributed by atoms with Crippen LogP contribution in [0.2, 0.25) is 0 Å². The summed E-state index contributed by atoms with van der Waals surface area (Å²) in [5, 5.41) is 2.78. The molecule has 4 aliphatic rings. The SMILES string of the molecule is O=CCCC12CN(c3ccc4c(c3)NC(=O)CO4)C(O1)O2. The van der Waals surface area contributed by atoms with E-state index in [1.165, 1.54) is 0 Å². The molecule has 1 aromatic rings. The number of aldehydes is 1. The van der Waals surface area contributed by atoms with E-state index in [0.717, 1.165) is 12.0 Å². The van der Waals surface area contributed by atoms with Crippen LogP contribution in [0.5, 0.6) is 5.75 Å². The molecule has 0 spiro atoms. The molecule has 0 aliphatic carbocycles. The Morgan fingerprint density at radius 1 is 1.43 bits per heavy atom. The third kappa shape index (κ3) is 1.97. The summed E-state index contributed by atoms with van der Waals surface area (Å²) >= 11 is 0. The van der Waals surface area contributed by atoms with E-state index in [2.05, 4.69) is 5.32 Å². The van der Waals surface area contributed by atoms with Crippen LogP contribution in [-0.2, 0) is 19.1 Å². The quantitative estimate of drug-likeness (QED) is 0.828. The van der Waals surface area contributed by atoms with Crippen molar-refractivity contribution in [2.75, 3.05) is 23.4 Å². The minimum Gasteiger partial charge on any atom is -0.482 e. The predicted octanol–water partition coefficient (Wildman–Crippen LogP) is 0.843. The summed E-state index contributed by atoms with van der Waals surface area (Å²) in [5.74, 6) is -0.177. The molecule has 2 bridgehead atoms. The highest BCUT2D eigenvalue weighted by Crippen LogP contribution is 2.46. The molecule has 7 nitrogen and oxygen atoms in total. The normalized spacial score (nSPS) is 29.2. The van der Waals surface area contributed by atoms with Gasteiger partial charge in [-0.2, -0.15) is 0 Å². The van der Waals surface area contributed by atoms with E-state index in [9.17, 15) is 9.59 Å². The average molecular weight is 290 g/mol. The molecule has 0 aromatic heterocycles. The Morgan fingerprint density at radius 2 is 2.29 bits per heavy atom. The van der Waals surface area contributed by atoms with Crippen molar-refractivity contribution in [1.29, 1.82) is 0 Å². The number of amides is 1. The second-order valence-corrected chi connectivity index (χ2v) is 5.30. The van der Waals surface area contributed by atoms with Gasteiger partial charge in [-0.15, -0.1) is 0 Å². The topological polar surface area (TPSA) is 77.1 Å². The number of hydrogen-bond acceptors (Lipinski definition) is 6. The zero-order valence-electron chi connectivity index (χ0n) is 11.2. The van der Waals surface area contributed by atoms with Crippen LogP contribution in [0.25, 0.3) is 0 Å². The molecular formula is C14H14N2O5. The molecule has 0 unspecified atom stereocenters. The lowest BCUT2D eigenvalue weighted by Gasteiger charge is -2.36. The first kappa shape index (κ1) is 12.6. The lowest BCUT2D eigenvalue weighted by molar-refractivity contribution is -0.406. The largest absolute Gasteiger partial charge is 0.482 e. The lowest BCUT2D eigenvalue weighted by atomic mass is 10.1. The Morgan fingerprint density at radius 3 is 3.10 bits per heavy atom. The highest BCUT2D eigenvalue weighted by atomic mass is 16.9. The van der Waals surface area contributed by atoms with Crippen LogP contribution in [0.3, 0.4) is 0 Å². The Kier molecular flexibility index (Phi) is 2.66. The monoisotopic (exact) mass is 290 g/mol. The van der Waals surface area contributed by atoms with Crippen LogP contribution in [-0.4, -0.2) is 37.5 Å². The first-order chi connectivity index (χ1) is 10.2. The average Bonchev–Trinajstić information content (AvgIpc) is 2.99. The fourth-order valence-corrected chi connectivity index (χ4v) is 2.85. The first-order valence-corrected chi connectivity index (χ1v) is 6.82. The zero-order valence-corrected chi connectivity index (χ0v) is 11.2. The van der Waals surface area contributed by atoms with Crippen molar-refractivity contribution in [2.45, 2.75) is 25.0 Å². The van der Waals surface area contributed by atoms with Crippen molar-refractivity contribution < 1.29 is 23.8 Å². The van der Waals surface area contributed by atoms with Gasteiger partial charge in [-0.1, -0.05) is 0 Å². The van der Waals surface area contributed by atoms with E-state index >= 15 is 0 Å². The Hall–Kier alpha value is -2.12. The van der Waals surface area contributed by atoms with E-state index in [4.69, 9.17) is 14.2 Å². The lowest BCUT2D eigenvalue weighted by Crippen LogP contribution is -2.47. The number of fused-ring (bicyclic) bond motifs is 2. The number of nitrogens with one attached hydrogen (secondary N) is 1. The highest BCUT2D eigenvalue weighted by molar-refractivity contribution is 5.96. The standard InChI is InChI=1S/C14H14N2O5/c17-5-1-4-14-8-16(13(20-14)21-14)9-2-3-11-10(6-9)15-12(18)7-19-11/h2-3,5-6,13H,1,4,7-8H2,(H,15,18). The van der Waals surface area contributed by atoms with Crippen LogP contribution in [0.15, 0.2) is 18.2 Å². The summed E-state index contributed by atoms with van der Waals surface area (Å²) in [6, 6.07) is 5.56. The molecule has 1 aromatic carbocycles. The number of carbonyl (C=O) groups is 2. The van der Waals surface area contributed by atoms with Crippen molar-refractivity contribution in [2.24, 2.45) is 0 Å². The molecule has 0 radical (unpaired) electrons. The summed E-state index contributed by atoms with van der Waals surface area (Å²) in [4.78, 5) is 23.8. The molecule has 1 amide bonds. The number of benzene rings is 1. The summed E-state index contributed by atoms with van der Waals surface area (Å²) in [5.41, 5.74) is 1.53. The van der Waals surface area contributed by atoms with Crippen molar-refractivity contribution in [3.05, 3.63) is 18.2 Å². The van der Waals surface area contributed by atoms with E-state index < -0.39 is 12.2 Å². The molecule has 4 aliphatic heterocycles. The van der Waals surface area contributed by atoms with Gasteiger partial charge in [0.25, 0.3) is 5.91 Å². The smallest absolute Gasteiger partial charge is 0.262 e. The number of rotatable bonds is 4. The van der Waals surface area contributed by atoms with Crippen LogP contribution in [0.1, 0.15) is 12.8 Å². The van der Waals surface area contributed by atoms with Gasteiger partial charge in [0.2, 0.25) is 6.41 Å². The second-order valence-electron chi connectivity index (χ2n) is 5.30. The molecular weight excluding hydrogens is 276 g/mol.